The van der Waals surface area contributed by atoms with Crippen LogP contribution in [0.5, 0.6) is 5.75 Å². The molecule has 190 valence electrons. The van der Waals surface area contributed by atoms with E-state index in [9.17, 15) is 19.8 Å². The van der Waals surface area contributed by atoms with E-state index in [-0.39, 0.29) is 105 Å². The van der Waals surface area contributed by atoms with E-state index < -0.39 is 5.97 Å². The number of carboxylic acids is 1. The van der Waals surface area contributed by atoms with Crippen molar-refractivity contribution in [3.05, 3.63) is 70.1 Å². The van der Waals surface area contributed by atoms with Crippen LogP contribution in [0.2, 0.25) is 0 Å². The number of fused-ring (bicyclic) bond motifs is 2. The monoisotopic (exact) mass is 790 g/mol. The molecule has 4 rings (SSSR count). The summed E-state index contributed by atoms with van der Waals surface area (Å²) in [6.07, 6.45) is 3.43. The molecule has 0 aromatic heterocycles. The molecule has 2 aromatic rings. The van der Waals surface area contributed by atoms with Gasteiger partial charge in [0.2, 0.25) is 5.43 Å². The molecule has 0 atom stereocenters. The van der Waals surface area contributed by atoms with Crippen LogP contribution in [0.25, 0.3) is 33.4 Å². The van der Waals surface area contributed by atoms with Gasteiger partial charge in [0, 0.05) is 26.5 Å². The van der Waals surface area contributed by atoms with Crippen LogP contribution in [-0.2, 0) is 0 Å². The summed E-state index contributed by atoms with van der Waals surface area (Å²) in [5.74, 6) is -1.49. The maximum Gasteiger partial charge on any atom is 1.00 e. The van der Waals surface area contributed by atoms with Gasteiger partial charge in [-0.25, -0.2) is 0 Å². The average molecular weight is 794 g/mol. The number of hydrogen-bond donors (Lipinski definition) is 2. The maximum absolute atomic E-state index is 12.4. The first-order chi connectivity index (χ1) is 17.1. The van der Waals surface area contributed by atoms with Crippen molar-refractivity contribution in [2.24, 2.45) is 11.5 Å². The van der Waals surface area contributed by atoms with Crippen LogP contribution < -0.4 is 86.2 Å². The number of carboxylic acid groups (broad SMARTS) is 1. The van der Waals surface area contributed by atoms with E-state index in [1.807, 2.05) is 0 Å². The molecule has 7 nitrogen and oxygen atoms in total. The van der Waals surface area contributed by atoms with Gasteiger partial charge in [0.15, 0.2) is 5.76 Å². The van der Waals surface area contributed by atoms with Gasteiger partial charge in [-0.15, -0.1) is 0 Å². The van der Waals surface area contributed by atoms with Gasteiger partial charge in [-0.3, -0.25) is 4.79 Å². The Bertz CT molecular complexity index is 1460. The second-order valence-corrected chi connectivity index (χ2v) is 11.0. The maximum atomic E-state index is 12.4. The van der Waals surface area contributed by atoms with Gasteiger partial charge in [0.05, 0.1) is 14.9 Å². The second-order valence-electron chi connectivity index (χ2n) is 7.70. The van der Waals surface area contributed by atoms with Crippen molar-refractivity contribution in [1.29, 1.82) is 0 Å². The Kier molecular flexibility index (Phi) is 15.9. The molecule has 0 unspecified atom stereocenters. The van der Waals surface area contributed by atoms with Crippen LogP contribution in [-0.4, -0.2) is 19.1 Å². The minimum Gasteiger partial charge on any atom is -0.871 e. The third-order valence-corrected chi connectivity index (χ3v) is 7.95. The molecule has 0 bridgehead atoms. The first kappa shape index (κ1) is 36.3. The molecule has 1 heterocycles. The Morgan fingerprint density at radius 1 is 0.868 bits per heavy atom. The number of rotatable bonds is 6. The van der Waals surface area contributed by atoms with Crippen molar-refractivity contribution < 1.29 is 78.5 Å². The van der Waals surface area contributed by atoms with Crippen LogP contribution in [0.4, 0.5) is 0 Å². The Morgan fingerprint density at radius 2 is 1.47 bits per heavy atom. The van der Waals surface area contributed by atoms with Crippen molar-refractivity contribution in [2.45, 2.75) is 19.3 Å². The van der Waals surface area contributed by atoms with Gasteiger partial charge in [-0.05, 0) is 91.4 Å². The molecule has 4 N–H and O–H groups in total. The standard InChI is InChI=1S/C20H8Br4O5.C5H14N2.2Na/c21-11-5-9-13(7-3-1-2-4-8(7)20(27)28)10-6-12(22)17(26)15(24)19(10)29-18(9)14(23)16(11)25;6-4-2-1-3-5-7;;/h1-6,25H,(H,27,28);1-7H2;;/q;;2*+1/p-2. The van der Waals surface area contributed by atoms with Gasteiger partial charge in [0.1, 0.15) is 10.1 Å². The molecule has 0 radical (unpaired) electrons. The first-order valence-electron chi connectivity index (χ1n) is 10.8. The molecule has 1 aliphatic carbocycles. The fourth-order valence-electron chi connectivity index (χ4n) is 3.62. The zero-order valence-electron chi connectivity index (χ0n) is 20.7. The third-order valence-electron chi connectivity index (χ3n) is 5.33. The van der Waals surface area contributed by atoms with E-state index >= 15 is 0 Å². The van der Waals surface area contributed by atoms with Crippen LogP contribution in [0.1, 0.15) is 29.6 Å². The number of halogens is 4. The van der Waals surface area contributed by atoms with E-state index in [0.717, 1.165) is 25.9 Å². The first-order valence-corrected chi connectivity index (χ1v) is 14.0. The number of carbonyl (C=O) groups is 1. The second kappa shape index (κ2) is 16.6. The molecule has 38 heavy (non-hydrogen) atoms. The van der Waals surface area contributed by atoms with Gasteiger partial charge >= 0.3 is 59.1 Å². The summed E-state index contributed by atoms with van der Waals surface area (Å²) in [5.41, 5.74) is 11.6. The Balaban J connectivity index is 0.000000712. The molecule has 0 saturated heterocycles. The molecule has 1 aliphatic heterocycles. The molecule has 0 spiro atoms. The van der Waals surface area contributed by atoms with Crippen LogP contribution in [0.15, 0.2) is 63.5 Å². The fraction of sp³-hybridized carbons (Fsp3) is 0.200. The summed E-state index contributed by atoms with van der Waals surface area (Å²) in [6, 6.07) is 9.50. The topological polar surface area (TPSA) is 145 Å². The van der Waals surface area contributed by atoms with Crippen LogP contribution >= 0.6 is 63.7 Å². The molecule has 0 fully saturated rings. The van der Waals surface area contributed by atoms with E-state index in [1.54, 1.807) is 30.3 Å². The normalized spacial score (nSPS) is 10.4. The van der Waals surface area contributed by atoms with Gasteiger partial charge in [-0.1, -0.05) is 52.4 Å². The summed E-state index contributed by atoms with van der Waals surface area (Å²) >= 11 is 13.0. The molecule has 0 saturated carbocycles. The summed E-state index contributed by atoms with van der Waals surface area (Å²) in [7, 11) is 0. The summed E-state index contributed by atoms with van der Waals surface area (Å²) in [4.78, 5) is 24.2. The van der Waals surface area contributed by atoms with Crippen molar-refractivity contribution in [2.75, 3.05) is 13.1 Å². The third kappa shape index (κ3) is 7.95. The van der Waals surface area contributed by atoms with Crippen molar-refractivity contribution in [3.63, 3.8) is 0 Å². The number of unbranched alkanes of at least 4 members (excludes halogenated alkanes) is 2. The van der Waals surface area contributed by atoms with Crippen molar-refractivity contribution in [3.8, 4) is 28.2 Å². The Morgan fingerprint density at radius 3 is 2.05 bits per heavy atom. The minimum absolute atomic E-state index is 0. The van der Waals surface area contributed by atoms with E-state index in [4.69, 9.17) is 15.9 Å². The smallest absolute Gasteiger partial charge is 0.871 e. The zero-order chi connectivity index (χ0) is 26.6. The van der Waals surface area contributed by atoms with Gasteiger partial charge < -0.3 is 30.9 Å². The SMILES string of the molecule is NCCCCCN.O=C([O-])c1ccccc1-c1c2cc(Br)c(=O)c(Br)c-2oc2c(Br)c([O-])c(Br)cc12.[Na+].[Na+]. The van der Waals surface area contributed by atoms with Crippen molar-refractivity contribution in [1.82, 2.24) is 0 Å². The Labute approximate surface area is 297 Å². The van der Waals surface area contributed by atoms with Gasteiger partial charge in [0.25, 0.3) is 0 Å². The van der Waals surface area contributed by atoms with Crippen LogP contribution in [0, 0.1) is 0 Å². The molecule has 13 heteroatoms. The summed E-state index contributed by atoms with van der Waals surface area (Å²) < 4.78 is 6.80. The van der Waals surface area contributed by atoms with E-state index in [2.05, 4.69) is 63.7 Å². The summed E-state index contributed by atoms with van der Waals surface area (Å²) in [5, 5.41) is 24.7. The Hall–Kier alpha value is 0.240. The quantitative estimate of drug-likeness (QED) is 0.147. The number of hydrogen-bond acceptors (Lipinski definition) is 7. The number of aromatic carboxylic acids is 1. The minimum atomic E-state index is -1.35. The molecular formula is C25H20Br4N2Na2O5. The predicted molar refractivity (Wildman–Crippen MR) is 151 cm³/mol. The number of nitrogens with two attached hydrogens (primary N) is 2. The van der Waals surface area contributed by atoms with Crippen LogP contribution in [0.3, 0.4) is 0 Å². The van der Waals surface area contributed by atoms with Crippen molar-refractivity contribution >= 4 is 80.7 Å². The number of carbonyl (C=O) groups excluding carboxylic acids is 1. The van der Waals surface area contributed by atoms with Gasteiger partial charge in [-0.2, -0.15) is 0 Å². The average Bonchev–Trinajstić information content (AvgIpc) is 2.86. The zero-order valence-corrected chi connectivity index (χ0v) is 31.1. The molecule has 0 amide bonds. The fourth-order valence-corrected chi connectivity index (χ4v) is 6.02. The molecular weight excluding hydrogens is 774 g/mol. The number of benzene rings is 3. The largest absolute Gasteiger partial charge is 1.00 e. The van der Waals surface area contributed by atoms with E-state index in [0.29, 0.717) is 22.1 Å². The van der Waals surface area contributed by atoms with E-state index in [1.165, 1.54) is 12.5 Å². The molecule has 2 aromatic carbocycles. The molecule has 2 aliphatic rings. The summed E-state index contributed by atoms with van der Waals surface area (Å²) in [6.45, 7) is 1.61. The predicted octanol–water partition coefficient (Wildman–Crippen LogP) is -0.866.